The van der Waals surface area contributed by atoms with Crippen LogP contribution in [0, 0.1) is 0 Å². The summed E-state index contributed by atoms with van der Waals surface area (Å²) in [6.45, 7) is 5.90. The van der Waals surface area contributed by atoms with Crippen molar-refractivity contribution in [2.24, 2.45) is 0 Å². The molecule has 0 aromatic heterocycles. The van der Waals surface area contributed by atoms with E-state index in [1.165, 1.54) is 9.80 Å². The van der Waals surface area contributed by atoms with Gasteiger partial charge in [0.05, 0.1) is 0 Å². The quantitative estimate of drug-likeness (QED) is 0.746. The minimum Gasteiger partial charge on any atom is -0.480 e. The summed E-state index contributed by atoms with van der Waals surface area (Å²) in [7, 11) is 0. The minimum absolute atomic E-state index is 0.0228. The lowest BCUT2D eigenvalue weighted by molar-refractivity contribution is -0.138. The topological polar surface area (TPSA) is 90.0 Å². The lowest BCUT2D eigenvalue weighted by Crippen LogP contribution is -2.54. The maximum atomic E-state index is 12.4. The zero-order valence-corrected chi connectivity index (χ0v) is 11.6. The summed E-state index contributed by atoms with van der Waals surface area (Å²) in [5.41, 5.74) is -0.613. The van der Waals surface area contributed by atoms with Crippen molar-refractivity contribution in [3.05, 3.63) is 0 Å². The van der Waals surface area contributed by atoms with Crippen molar-refractivity contribution in [1.82, 2.24) is 15.1 Å². The molecule has 7 nitrogen and oxygen atoms in total. The second kappa shape index (κ2) is 5.90. The molecule has 1 fully saturated rings. The summed E-state index contributed by atoms with van der Waals surface area (Å²) in [6, 6.07) is -0.410. The second-order valence-electron chi connectivity index (χ2n) is 5.56. The molecule has 0 saturated carbocycles. The summed E-state index contributed by atoms with van der Waals surface area (Å²) in [4.78, 5) is 37.4. The molecule has 1 aliphatic heterocycles. The summed E-state index contributed by atoms with van der Waals surface area (Å²) >= 11 is 0. The standard InChI is InChI=1S/C12H21N3O4/c1-12(2,3)15(8-10(17)18)11(19)14-6-4-5-13-9(16)7-14/h4-8H2,1-3H3,(H,13,16)(H,17,18). The normalized spacial score (nSPS) is 16.6. The van der Waals surface area contributed by atoms with Crippen molar-refractivity contribution >= 4 is 17.9 Å². The third kappa shape index (κ3) is 4.42. The van der Waals surface area contributed by atoms with Crippen LogP contribution in [-0.4, -0.2) is 64.5 Å². The summed E-state index contributed by atoms with van der Waals surface area (Å²) < 4.78 is 0. The molecule has 0 spiro atoms. The number of carboxylic acids is 1. The van der Waals surface area contributed by atoms with Crippen LogP contribution >= 0.6 is 0 Å². The number of carbonyl (C=O) groups is 3. The van der Waals surface area contributed by atoms with Gasteiger partial charge in [-0.15, -0.1) is 0 Å². The van der Waals surface area contributed by atoms with Crippen LogP contribution in [-0.2, 0) is 9.59 Å². The van der Waals surface area contributed by atoms with Crippen molar-refractivity contribution in [2.75, 3.05) is 26.2 Å². The molecule has 0 bridgehead atoms. The molecule has 1 rings (SSSR count). The predicted molar refractivity (Wildman–Crippen MR) is 68.7 cm³/mol. The summed E-state index contributed by atoms with van der Waals surface area (Å²) in [5.74, 6) is -1.28. The molecule has 19 heavy (non-hydrogen) atoms. The molecule has 2 N–H and O–H groups in total. The second-order valence-corrected chi connectivity index (χ2v) is 5.56. The Kier molecular flexibility index (Phi) is 4.74. The van der Waals surface area contributed by atoms with E-state index in [1.54, 1.807) is 20.8 Å². The molecular formula is C12H21N3O4. The fourth-order valence-corrected chi connectivity index (χ4v) is 1.87. The largest absolute Gasteiger partial charge is 0.480 e. The average molecular weight is 271 g/mol. The van der Waals surface area contributed by atoms with Crippen LogP contribution in [0.3, 0.4) is 0 Å². The lowest BCUT2D eigenvalue weighted by atomic mass is 10.1. The van der Waals surface area contributed by atoms with E-state index in [9.17, 15) is 14.4 Å². The van der Waals surface area contributed by atoms with Gasteiger partial charge < -0.3 is 20.2 Å². The van der Waals surface area contributed by atoms with Crippen molar-refractivity contribution < 1.29 is 19.5 Å². The minimum atomic E-state index is -1.07. The number of hydrogen-bond acceptors (Lipinski definition) is 3. The van der Waals surface area contributed by atoms with Crippen LogP contribution in [0.2, 0.25) is 0 Å². The first-order valence-corrected chi connectivity index (χ1v) is 6.27. The third-order valence-corrected chi connectivity index (χ3v) is 2.87. The summed E-state index contributed by atoms with van der Waals surface area (Å²) in [5, 5.41) is 11.6. The molecule has 0 aromatic carbocycles. The molecule has 1 saturated heterocycles. The Morgan fingerprint density at radius 2 is 2.05 bits per heavy atom. The number of nitrogens with one attached hydrogen (secondary N) is 1. The highest BCUT2D eigenvalue weighted by molar-refractivity contribution is 5.86. The first-order valence-electron chi connectivity index (χ1n) is 6.27. The van der Waals surface area contributed by atoms with Crippen molar-refractivity contribution in [3.8, 4) is 0 Å². The van der Waals surface area contributed by atoms with Crippen molar-refractivity contribution in [2.45, 2.75) is 32.7 Å². The summed E-state index contributed by atoms with van der Waals surface area (Å²) in [6.07, 6.45) is 0.669. The van der Waals surface area contributed by atoms with Gasteiger partial charge in [-0.25, -0.2) is 4.79 Å². The molecule has 0 atom stereocenters. The maximum Gasteiger partial charge on any atom is 0.323 e. The van der Waals surface area contributed by atoms with Crippen LogP contribution < -0.4 is 5.32 Å². The number of carboxylic acid groups (broad SMARTS) is 1. The highest BCUT2D eigenvalue weighted by atomic mass is 16.4. The number of carbonyl (C=O) groups excluding carboxylic acids is 2. The van der Waals surface area contributed by atoms with Gasteiger partial charge in [-0.3, -0.25) is 9.59 Å². The Labute approximate surface area is 112 Å². The van der Waals surface area contributed by atoms with Crippen LogP contribution in [0.15, 0.2) is 0 Å². The van der Waals surface area contributed by atoms with E-state index in [1.807, 2.05) is 0 Å². The average Bonchev–Trinajstić information content (AvgIpc) is 2.48. The Hall–Kier alpha value is -1.79. The van der Waals surface area contributed by atoms with E-state index in [-0.39, 0.29) is 19.0 Å². The van der Waals surface area contributed by atoms with Gasteiger partial charge in [-0.1, -0.05) is 0 Å². The van der Waals surface area contributed by atoms with Crippen LogP contribution in [0.1, 0.15) is 27.2 Å². The fraction of sp³-hybridized carbons (Fsp3) is 0.750. The molecule has 3 amide bonds. The molecular weight excluding hydrogens is 250 g/mol. The van der Waals surface area contributed by atoms with Gasteiger partial charge >= 0.3 is 12.0 Å². The van der Waals surface area contributed by atoms with Crippen LogP contribution in [0.25, 0.3) is 0 Å². The number of aliphatic carboxylic acids is 1. The number of rotatable bonds is 2. The van der Waals surface area contributed by atoms with E-state index in [0.29, 0.717) is 19.5 Å². The molecule has 0 aliphatic carbocycles. The van der Waals surface area contributed by atoms with Crippen LogP contribution in [0.4, 0.5) is 4.79 Å². The molecule has 0 aromatic rings. The SMILES string of the molecule is CC(C)(C)N(CC(=O)O)C(=O)N1CCCNC(=O)C1. The maximum absolute atomic E-state index is 12.4. The Bertz CT molecular complexity index is 376. The Balaban J connectivity index is 2.85. The van der Waals surface area contributed by atoms with Crippen molar-refractivity contribution in [1.29, 1.82) is 0 Å². The molecule has 108 valence electrons. The fourth-order valence-electron chi connectivity index (χ4n) is 1.87. The molecule has 7 heteroatoms. The molecule has 1 heterocycles. The van der Waals surface area contributed by atoms with Gasteiger partial charge in [0.2, 0.25) is 5.91 Å². The van der Waals surface area contributed by atoms with Crippen molar-refractivity contribution in [3.63, 3.8) is 0 Å². The smallest absolute Gasteiger partial charge is 0.323 e. The lowest BCUT2D eigenvalue weighted by Gasteiger charge is -2.37. The number of amides is 3. The number of nitrogens with zero attached hydrogens (tertiary/aromatic N) is 2. The van der Waals surface area contributed by atoms with E-state index in [4.69, 9.17) is 5.11 Å². The zero-order chi connectivity index (χ0) is 14.6. The van der Waals surface area contributed by atoms with Gasteiger partial charge in [0.1, 0.15) is 13.1 Å². The number of urea groups is 1. The Morgan fingerprint density at radius 1 is 1.42 bits per heavy atom. The van der Waals surface area contributed by atoms with E-state index < -0.39 is 17.5 Å². The monoisotopic (exact) mass is 271 g/mol. The first kappa shape index (κ1) is 15.3. The van der Waals surface area contributed by atoms with E-state index in [0.717, 1.165) is 0 Å². The number of hydrogen-bond donors (Lipinski definition) is 2. The highest BCUT2D eigenvalue weighted by Crippen LogP contribution is 2.16. The van der Waals surface area contributed by atoms with Gasteiger partial charge in [0.15, 0.2) is 0 Å². The van der Waals surface area contributed by atoms with Gasteiger partial charge in [0, 0.05) is 18.6 Å². The van der Waals surface area contributed by atoms with Gasteiger partial charge in [-0.2, -0.15) is 0 Å². The molecule has 1 aliphatic rings. The Morgan fingerprint density at radius 3 is 2.58 bits per heavy atom. The molecule has 0 radical (unpaired) electrons. The van der Waals surface area contributed by atoms with Gasteiger partial charge in [0.25, 0.3) is 0 Å². The molecule has 0 unspecified atom stereocenters. The third-order valence-electron chi connectivity index (χ3n) is 2.87. The first-order chi connectivity index (χ1) is 8.71. The predicted octanol–water partition coefficient (Wildman–Crippen LogP) is 0.113. The highest BCUT2D eigenvalue weighted by Gasteiger charge is 2.32. The zero-order valence-electron chi connectivity index (χ0n) is 11.6. The van der Waals surface area contributed by atoms with E-state index in [2.05, 4.69) is 5.32 Å². The van der Waals surface area contributed by atoms with Crippen LogP contribution in [0.5, 0.6) is 0 Å². The van der Waals surface area contributed by atoms with Gasteiger partial charge in [-0.05, 0) is 27.2 Å². The van der Waals surface area contributed by atoms with E-state index >= 15 is 0 Å².